The Morgan fingerprint density at radius 3 is 2.13 bits per heavy atom. The van der Waals surface area contributed by atoms with E-state index in [0.29, 0.717) is 15.6 Å². The van der Waals surface area contributed by atoms with E-state index in [9.17, 15) is 24.0 Å². The first-order chi connectivity index (χ1) is 18.3. The van der Waals surface area contributed by atoms with Crippen LogP contribution in [0.3, 0.4) is 0 Å². The number of hydrogen-bond donors (Lipinski definition) is 0. The van der Waals surface area contributed by atoms with Crippen molar-refractivity contribution in [3.05, 3.63) is 38.7 Å². The molecule has 210 valence electrons. The maximum atomic E-state index is 13.6. The fourth-order valence-electron chi connectivity index (χ4n) is 3.87. The van der Waals surface area contributed by atoms with Gasteiger partial charge in [-0.1, -0.05) is 53.2 Å². The Kier molecular flexibility index (Phi) is 10.4. The van der Waals surface area contributed by atoms with Crippen molar-refractivity contribution in [3.63, 3.8) is 0 Å². The minimum absolute atomic E-state index is 0.0252. The summed E-state index contributed by atoms with van der Waals surface area (Å²) in [6, 6.07) is 4.72. The van der Waals surface area contributed by atoms with Gasteiger partial charge in [-0.25, -0.2) is 0 Å². The van der Waals surface area contributed by atoms with Crippen molar-refractivity contribution in [1.82, 2.24) is 4.90 Å². The first-order valence-electron chi connectivity index (χ1n) is 11.3. The molecule has 0 aromatic heterocycles. The number of ether oxygens (including phenoxy) is 5. The van der Waals surface area contributed by atoms with Crippen molar-refractivity contribution >= 4 is 87.4 Å². The molecule has 11 nitrogen and oxygen atoms in total. The standard InChI is InChI=1S/C24H23Cl2NO10S2/c1-10(28)33-9-17-19(34-11(2)29)20(35-12(3)30)21(36-13(4)31)23(37-17)27-22(32)18(39-24(27)38)7-14-5-6-15(25)8-16(14)26/h5-8,17,19-21,23H,9H2,1-4H3/b18-7+/t17-,19+,20+,21+,23-/m0/s1. The molecule has 0 spiro atoms. The monoisotopic (exact) mass is 619 g/mol. The third-order valence-electron chi connectivity index (χ3n) is 5.29. The third-order valence-corrected chi connectivity index (χ3v) is 7.19. The van der Waals surface area contributed by atoms with Gasteiger partial charge in [-0.3, -0.25) is 28.9 Å². The van der Waals surface area contributed by atoms with Gasteiger partial charge in [0.05, 0.1) is 4.91 Å². The van der Waals surface area contributed by atoms with Crippen molar-refractivity contribution in [2.24, 2.45) is 0 Å². The summed E-state index contributed by atoms with van der Waals surface area (Å²) < 4.78 is 27.3. The molecule has 0 radical (unpaired) electrons. The fourth-order valence-corrected chi connectivity index (χ4v) is 5.64. The van der Waals surface area contributed by atoms with Crippen molar-refractivity contribution in [3.8, 4) is 0 Å². The molecule has 2 fully saturated rings. The number of hydrogen-bond acceptors (Lipinski definition) is 12. The lowest BCUT2D eigenvalue weighted by atomic mass is 9.96. The number of halogens is 2. The van der Waals surface area contributed by atoms with Crippen LogP contribution in [-0.2, 0) is 47.7 Å². The van der Waals surface area contributed by atoms with Crippen LogP contribution in [0.2, 0.25) is 10.0 Å². The van der Waals surface area contributed by atoms with E-state index in [-0.39, 0.29) is 9.23 Å². The van der Waals surface area contributed by atoms with Gasteiger partial charge >= 0.3 is 23.9 Å². The SMILES string of the molecule is CC(=O)OC[C@@H]1O[C@H](N2C(=O)/C(=C\c3ccc(Cl)cc3Cl)SC2=S)[C@H](OC(C)=O)[C@H](OC(C)=O)[C@@H]1OC(C)=O. The number of nitrogens with zero attached hydrogens (tertiary/aromatic N) is 1. The summed E-state index contributed by atoms with van der Waals surface area (Å²) in [6.07, 6.45) is -5.49. The summed E-state index contributed by atoms with van der Waals surface area (Å²) in [7, 11) is 0. The largest absolute Gasteiger partial charge is 0.463 e. The summed E-state index contributed by atoms with van der Waals surface area (Å²) in [5.74, 6) is -3.68. The average molecular weight is 620 g/mol. The smallest absolute Gasteiger partial charge is 0.303 e. The molecule has 2 saturated heterocycles. The second kappa shape index (κ2) is 13.1. The van der Waals surface area contributed by atoms with E-state index >= 15 is 0 Å². The molecule has 15 heteroatoms. The van der Waals surface area contributed by atoms with E-state index < -0.39 is 67.0 Å². The number of amides is 1. The first kappa shape index (κ1) is 30.8. The van der Waals surface area contributed by atoms with Crippen molar-refractivity contribution < 1.29 is 47.7 Å². The molecule has 0 saturated carbocycles. The van der Waals surface area contributed by atoms with Crippen LogP contribution in [0.4, 0.5) is 0 Å². The van der Waals surface area contributed by atoms with Gasteiger partial charge in [0, 0.05) is 37.7 Å². The molecule has 0 unspecified atom stereocenters. The molecule has 39 heavy (non-hydrogen) atoms. The summed E-state index contributed by atoms with van der Waals surface area (Å²) in [6.45, 7) is 4.01. The molecule has 1 amide bonds. The zero-order valence-corrected chi connectivity index (χ0v) is 24.2. The Morgan fingerprint density at radius 2 is 1.56 bits per heavy atom. The van der Waals surface area contributed by atoms with Crippen LogP contribution in [0.15, 0.2) is 23.1 Å². The van der Waals surface area contributed by atoms with Gasteiger partial charge in [0.1, 0.15) is 12.7 Å². The second-order valence-electron chi connectivity index (χ2n) is 8.31. The number of thioether (sulfide) groups is 1. The molecule has 2 heterocycles. The lowest BCUT2D eigenvalue weighted by molar-refractivity contribution is -0.268. The van der Waals surface area contributed by atoms with Crippen molar-refractivity contribution in [2.75, 3.05) is 6.61 Å². The Balaban J connectivity index is 2.06. The molecular formula is C24H23Cl2NO10S2. The number of esters is 4. The maximum absolute atomic E-state index is 13.6. The van der Waals surface area contributed by atoms with Gasteiger partial charge < -0.3 is 23.7 Å². The molecule has 1 aromatic carbocycles. The van der Waals surface area contributed by atoms with Gasteiger partial charge in [-0.05, 0) is 23.8 Å². The predicted molar refractivity (Wildman–Crippen MR) is 143 cm³/mol. The minimum Gasteiger partial charge on any atom is -0.463 e. The lowest BCUT2D eigenvalue weighted by Gasteiger charge is -2.46. The number of rotatable bonds is 7. The molecule has 1 aromatic rings. The van der Waals surface area contributed by atoms with Crippen LogP contribution in [-0.4, -0.2) is 76.3 Å². The van der Waals surface area contributed by atoms with E-state index in [0.717, 1.165) is 44.4 Å². The van der Waals surface area contributed by atoms with E-state index in [1.165, 1.54) is 12.1 Å². The van der Waals surface area contributed by atoms with E-state index in [4.69, 9.17) is 59.1 Å². The Labute approximate surface area is 243 Å². The first-order valence-corrected chi connectivity index (χ1v) is 13.3. The van der Waals surface area contributed by atoms with Crippen LogP contribution < -0.4 is 0 Å². The second-order valence-corrected chi connectivity index (χ2v) is 10.8. The molecule has 0 N–H and O–H groups in total. The summed E-state index contributed by atoms with van der Waals surface area (Å²) in [5, 5.41) is 0.697. The van der Waals surface area contributed by atoms with E-state index in [2.05, 4.69) is 0 Å². The summed E-state index contributed by atoms with van der Waals surface area (Å²) in [4.78, 5) is 62.4. The highest BCUT2D eigenvalue weighted by atomic mass is 35.5. The minimum atomic E-state index is -1.48. The van der Waals surface area contributed by atoms with E-state index in [1.807, 2.05) is 0 Å². The van der Waals surface area contributed by atoms with Gasteiger partial charge in [0.2, 0.25) is 0 Å². The van der Waals surface area contributed by atoms with Crippen LogP contribution in [0.5, 0.6) is 0 Å². The highest BCUT2D eigenvalue weighted by Crippen LogP contribution is 2.40. The highest BCUT2D eigenvalue weighted by Gasteiger charge is 2.56. The third kappa shape index (κ3) is 7.70. The molecule has 5 atom stereocenters. The normalized spacial score (nSPS) is 25.8. The van der Waals surface area contributed by atoms with E-state index in [1.54, 1.807) is 12.1 Å². The lowest BCUT2D eigenvalue weighted by Crippen LogP contribution is -2.66. The number of carbonyl (C=O) groups is 5. The predicted octanol–water partition coefficient (Wildman–Crippen LogP) is 3.28. The molecule has 0 aliphatic carbocycles. The molecule has 2 aliphatic heterocycles. The van der Waals surface area contributed by atoms with Crippen LogP contribution in [0, 0.1) is 0 Å². The zero-order chi connectivity index (χ0) is 29.0. The maximum Gasteiger partial charge on any atom is 0.303 e. The van der Waals surface area contributed by atoms with Gasteiger partial charge in [0.25, 0.3) is 5.91 Å². The van der Waals surface area contributed by atoms with Crippen LogP contribution in [0.25, 0.3) is 6.08 Å². The van der Waals surface area contributed by atoms with Gasteiger partial charge in [0.15, 0.2) is 28.9 Å². The topological polar surface area (TPSA) is 135 Å². The number of carbonyl (C=O) groups excluding carboxylic acids is 5. The summed E-state index contributed by atoms with van der Waals surface area (Å²) >= 11 is 18.6. The molecule has 3 rings (SSSR count). The molecular weight excluding hydrogens is 597 g/mol. The Hall–Kier alpha value is -2.71. The number of benzene rings is 1. The Bertz CT molecular complexity index is 1240. The highest BCUT2D eigenvalue weighted by molar-refractivity contribution is 8.26. The zero-order valence-electron chi connectivity index (χ0n) is 21.0. The van der Waals surface area contributed by atoms with Crippen molar-refractivity contribution in [2.45, 2.75) is 58.3 Å². The molecule has 2 aliphatic rings. The fraction of sp³-hybridized carbons (Fsp3) is 0.417. The average Bonchev–Trinajstić information content (AvgIpc) is 3.09. The Morgan fingerprint density at radius 1 is 0.974 bits per heavy atom. The van der Waals surface area contributed by atoms with Crippen molar-refractivity contribution in [1.29, 1.82) is 0 Å². The quantitative estimate of drug-likeness (QED) is 0.192. The summed E-state index contributed by atoms with van der Waals surface area (Å²) in [5.41, 5.74) is 0.489. The van der Waals surface area contributed by atoms with Gasteiger partial charge in [-0.15, -0.1) is 0 Å². The molecule has 0 bridgehead atoms. The van der Waals surface area contributed by atoms with Crippen LogP contribution >= 0.6 is 47.2 Å². The number of thiocarbonyl (C=S) groups is 1. The van der Waals surface area contributed by atoms with Crippen LogP contribution in [0.1, 0.15) is 33.3 Å². The van der Waals surface area contributed by atoms with Gasteiger partial charge in [-0.2, -0.15) is 0 Å².